The summed E-state index contributed by atoms with van der Waals surface area (Å²) in [6, 6.07) is 5.56. The highest BCUT2D eigenvalue weighted by Gasteiger charge is 2.61. The maximum absolute atomic E-state index is 12.5. The number of carbonyl (C=O) groups is 1. The summed E-state index contributed by atoms with van der Waals surface area (Å²) in [4.78, 5) is 24.7. The highest BCUT2D eigenvalue weighted by Crippen LogP contribution is 2.52. The zero-order valence-electron chi connectivity index (χ0n) is 15.9. The number of aliphatic hydroxyl groups is 1. The average Bonchev–Trinajstić information content (AvgIpc) is 3.00. The van der Waals surface area contributed by atoms with Crippen molar-refractivity contribution in [3.8, 4) is 11.5 Å². The van der Waals surface area contributed by atoms with Crippen LogP contribution in [0.25, 0.3) is 0 Å². The van der Waals surface area contributed by atoms with E-state index in [1.54, 1.807) is 14.2 Å². The molecule has 2 aliphatic rings. The topological polar surface area (TPSA) is 102 Å². The molecule has 148 valence electrons. The molecule has 1 aromatic rings. The molecule has 1 saturated heterocycles. The third kappa shape index (κ3) is 3.45. The average molecular weight is 378 g/mol. The van der Waals surface area contributed by atoms with Gasteiger partial charge < -0.3 is 19.5 Å². The van der Waals surface area contributed by atoms with Crippen molar-refractivity contribution < 1.29 is 24.3 Å². The number of methoxy groups -OCH3 is 2. The molecule has 0 aromatic heterocycles. The molecule has 1 heterocycles. The van der Waals surface area contributed by atoms with Crippen LogP contribution in [0, 0.1) is 27.9 Å². The standard InChI is InChI=1S/C19H26N2O6/c1-12-10-19(23)15(14(12)11-21(24)25)9-18(22)20(19)7-6-13-4-5-16(26-2)17(8-13)27-3/h4-5,8,12,14-15,23H,6-7,9-11H2,1-3H3/t12-,14+,15?,19?/m0/s1. The molecule has 1 aliphatic carbocycles. The molecule has 8 nitrogen and oxygen atoms in total. The van der Waals surface area contributed by atoms with Crippen LogP contribution >= 0.6 is 0 Å². The van der Waals surface area contributed by atoms with E-state index in [2.05, 4.69) is 0 Å². The number of rotatable bonds is 7. The summed E-state index contributed by atoms with van der Waals surface area (Å²) in [6.45, 7) is 2.08. The zero-order chi connectivity index (χ0) is 19.8. The number of hydrogen-bond acceptors (Lipinski definition) is 6. The molecular weight excluding hydrogens is 352 g/mol. The van der Waals surface area contributed by atoms with Crippen LogP contribution in [0.1, 0.15) is 25.3 Å². The smallest absolute Gasteiger partial charge is 0.225 e. The predicted octanol–water partition coefficient (Wildman–Crippen LogP) is 1.72. The molecule has 1 aliphatic heterocycles. The van der Waals surface area contributed by atoms with Crippen LogP contribution in [0.2, 0.25) is 0 Å². The van der Waals surface area contributed by atoms with Gasteiger partial charge in [0.05, 0.1) is 14.2 Å². The summed E-state index contributed by atoms with van der Waals surface area (Å²) < 4.78 is 10.5. The molecule has 1 amide bonds. The SMILES string of the molecule is COc1ccc(CCN2C(=O)CC3[C@H](C[N+](=O)[O-])[C@@H](C)CC32O)cc1OC. The highest BCUT2D eigenvalue weighted by molar-refractivity contribution is 5.80. The first kappa shape index (κ1) is 19.4. The van der Waals surface area contributed by atoms with Crippen molar-refractivity contribution in [1.29, 1.82) is 0 Å². The lowest BCUT2D eigenvalue weighted by molar-refractivity contribution is -0.491. The first-order chi connectivity index (χ1) is 12.8. The Morgan fingerprint density at radius 1 is 1.33 bits per heavy atom. The third-order valence-electron chi connectivity index (χ3n) is 6.06. The van der Waals surface area contributed by atoms with E-state index >= 15 is 0 Å². The lowest BCUT2D eigenvalue weighted by Gasteiger charge is -2.34. The first-order valence-electron chi connectivity index (χ1n) is 9.15. The molecule has 1 aromatic carbocycles. The maximum atomic E-state index is 12.5. The normalized spacial score (nSPS) is 29.7. The van der Waals surface area contributed by atoms with Gasteiger partial charge in [-0.1, -0.05) is 13.0 Å². The second-order valence-electron chi connectivity index (χ2n) is 7.53. The molecule has 8 heteroatoms. The van der Waals surface area contributed by atoms with Gasteiger partial charge in [0.25, 0.3) is 0 Å². The summed E-state index contributed by atoms with van der Waals surface area (Å²) in [6.07, 6.45) is 1.11. The molecular formula is C19H26N2O6. The molecule has 1 saturated carbocycles. The molecule has 0 radical (unpaired) electrons. The summed E-state index contributed by atoms with van der Waals surface area (Å²) in [5.41, 5.74) is -0.325. The van der Waals surface area contributed by atoms with Gasteiger partial charge in [0.2, 0.25) is 12.5 Å². The fraction of sp³-hybridized carbons (Fsp3) is 0.632. The predicted molar refractivity (Wildman–Crippen MR) is 97.2 cm³/mol. The number of amides is 1. The lowest BCUT2D eigenvalue weighted by Crippen LogP contribution is -2.48. The summed E-state index contributed by atoms with van der Waals surface area (Å²) in [7, 11) is 3.13. The van der Waals surface area contributed by atoms with Crippen molar-refractivity contribution in [2.24, 2.45) is 17.8 Å². The molecule has 4 atom stereocenters. The van der Waals surface area contributed by atoms with Gasteiger partial charge in [-0.15, -0.1) is 0 Å². The molecule has 3 rings (SSSR count). The number of ether oxygens (including phenoxy) is 2. The van der Waals surface area contributed by atoms with Crippen LogP contribution in [-0.4, -0.2) is 53.9 Å². The minimum absolute atomic E-state index is 0.00193. The fourth-order valence-corrected chi connectivity index (χ4v) is 4.73. The highest BCUT2D eigenvalue weighted by atomic mass is 16.6. The van der Waals surface area contributed by atoms with Gasteiger partial charge >= 0.3 is 0 Å². The minimum atomic E-state index is -1.28. The van der Waals surface area contributed by atoms with E-state index in [4.69, 9.17) is 9.47 Å². The fourth-order valence-electron chi connectivity index (χ4n) is 4.73. The van der Waals surface area contributed by atoms with Crippen molar-refractivity contribution in [2.75, 3.05) is 27.3 Å². The second-order valence-corrected chi connectivity index (χ2v) is 7.53. The van der Waals surface area contributed by atoms with Gasteiger partial charge in [-0.2, -0.15) is 0 Å². The summed E-state index contributed by atoms with van der Waals surface area (Å²) >= 11 is 0. The minimum Gasteiger partial charge on any atom is -0.493 e. The zero-order valence-corrected chi connectivity index (χ0v) is 15.9. The number of hydrogen-bond donors (Lipinski definition) is 1. The Balaban J connectivity index is 1.74. The quantitative estimate of drug-likeness (QED) is 0.572. The molecule has 2 unspecified atom stereocenters. The lowest BCUT2D eigenvalue weighted by atomic mass is 9.88. The van der Waals surface area contributed by atoms with Gasteiger partial charge in [-0.25, -0.2) is 0 Å². The number of fused-ring (bicyclic) bond motifs is 1. The van der Waals surface area contributed by atoms with Crippen molar-refractivity contribution in [3.05, 3.63) is 33.9 Å². The van der Waals surface area contributed by atoms with Gasteiger partial charge in [0.1, 0.15) is 5.72 Å². The van der Waals surface area contributed by atoms with E-state index < -0.39 is 5.72 Å². The molecule has 0 bridgehead atoms. The molecule has 27 heavy (non-hydrogen) atoms. The largest absolute Gasteiger partial charge is 0.493 e. The van der Waals surface area contributed by atoms with Crippen LogP contribution in [0.3, 0.4) is 0 Å². The Morgan fingerprint density at radius 3 is 2.67 bits per heavy atom. The van der Waals surface area contributed by atoms with Gasteiger partial charge in [-0.3, -0.25) is 14.9 Å². The van der Waals surface area contributed by atoms with Crippen LogP contribution in [-0.2, 0) is 11.2 Å². The third-order valence-corrected chi connectivity index (χ3v) is 6.06. The first-order valence-corrected chi connectivity index (χ1v) is 9.15. The van der Waals surface area contributed by atoms with Crippen LogP contribution in [0.15, 0.2) is 18.2 Å². The van der Waals surface area contributed by atoms with E-state index in [-0.39, 0.29) is 41.5 Å². The molecule has 0 spiro atoms. The Kier molecular flexibility index (Phi) is 5.28. The number of benzene rings is 1. The monoisotopic (exact) mass is 378 g/mol. The van der Waals surface area contributed by atoms with E-state index in [0.717, 1.165) is 5.56 Å². The van der Waals surface area contributed by atoms with Gasteiger partial charge in [0, 0.05) is 29.7 Å². The van der Waals surface area contributed by atoms with Gasteiger partial charge in [0.15, 0.2) is 11.5 Å². The second kappa shape index (κ2) is 7.34. The molecule has 1 N–H and O–H groups in total. The number of likely N-dealkylation sites (tertiary alicyclic amines) is 1. The van der Waals surface area contributed by atoms with Crippen LogP contribution in [0.4, 0.5) is 0 Å². The summed E-state index contributed by atoms with van der Waals surface area (Å²) in [5, 5.41) is 22.2. The number of nitro groups is 1. The summed E-state index contributed by atoms with van der Waals surface area (Å²) in [5.74, 6) is 0.449. The maximum Gasteiger partial charge on any atom is 0.225 e. The number of carbonyl (C=O) groups excluding carboxylic acids is 1. The van der Waals surface area contributed by atoms with E-state index in [1.807, 2.05) is 25.1 Å². The van der Waals surface area contributed by atoms with E-state index in [0.29, 0.717) is 30.9 Å². The van der Waals surface area contributed by atoms with Crippen molar-refractivity contribution in [3.63, 3.8) is 0 Å². The Morgan fingerprint density at radius 2 is 2.04 bits per heavy atom. The Hall–Kier alpha value is -2.35. The van der Waals surface area contributed by atoms with Gasteiger partial charge in [-0.05, 0) is 36.5 Å². The van der Waals surface area contributed by atoms with Crippen molar-refractivity contribution in [1.82, 2.24) is 4.90 Å². The Bertz CT molecular complexity index is 739. The number of nitrogens with zero attached hydrogens (tertiary/aromatic N) is 2. The van der Waals surface area contributed by atoms with E-state index in [1.165, 1.54) is 4.90 Å². The van der Waals surface area contributed by atoms with Crippen molar-refractivity contribution >= 4 is 5.91 Å². The molecule has 2 fully saturated rings. The van der Waals surface area contributed by atoms with Crippen LogP contribution < -0.4 is 9.47 Å². The van der Waals surface area contributed by atoms with Crippen molar-refractivity contribution in [2.45, 2.75) is 31.9 Å². The Labute approximate surface area is 158 Å². The van der Waals surface area contributed by atoms with E-state index in [9.17, 15) is 20.0 Å². The van der Waals surface area contributed by atoms with Crippen LogP contribution in [0.5, 0.6) is 11.5 Å².